The number of nitrogens with one attached hydrogen (secondary N) is 1. The van der Waals surface area contributed by atoms with Gasteiger partial charge in [-0.05, 0) is 81.8 Å². The van der Waals surface area contributed by atoms with Crippen molar-refractivity contribution in [2.75, 3.05) is 18.0 Å². The van der Waals surface area contributed by atoms with E-state index in [1.807, 2.05) is 20.8 Å². The van der Waals surface area contributed by atoms with Crippen molar-refractivity contribution in [1.29, 1.82) is 0 Å². The van der Waals surface area contributed by atoms with Crippen LogP contribution in [0, 0.1) is 12.7 Å². The molecular weight excluding hydrogens is 521 g/mol. The number of rotatable bonds is 11. The summed E-state index contributed by atoms with van der Waals surface area (Å²) in [6.45, 7) is 6.50. The first-order valence-electron chi connectivity index (χ1n) is 12.5. The molecular formula is C29H34FN3O5S. The van der Waals surface area contributed by atoms with E-state index in [4.69, 9.17) is 4.74 Å². The summed E-state index contributed by atoms with van der Waals surface area (Å²) in [6.07, 6.45) is 0. The highest BCUT2D eigenvalue weighted by atomic mass is 32.2. The molecule has 39 heavy (non-hydrogen) atoms. The molecule has 3 rings (SSSR count). The van der Waals surface area contributed by atoms with Crippen LogP contribution in [0.4, 0.5) is 10.1 Å². The highest BCUT2D eigenvalue weighted by molar-refractivity contribution is 7.92. The Kier molecular flexibility index (Phi) is 9.69. The second-order valence-corrected chi connectivity index (χ2v) is 11.4. The summed E-state index contributed by atoms with van der Waals surface area (Å²) in [7, 11) is -2.67. The van der Waals surface area contributed by atoms with Gasteiger partial charge in [-0.3, -0.25) is 13.9 Å². The van der Waals surface area contributed by atoms with E-state index in [9.17, 15) is 22.4 Å². The number of methoxy groups -OCH3 is 1. The third-order valence-corrected chi connectivity index (χ3v) is 7.90. The van der Waals surface area contributed by atoms with Crippen LogP contribution in [0.1, 0.15) is 31.9 Å². The van der Waals surface area contributed by atoms with Crippen LogP contribution in [-0.2, 0) is 26.2 Å². The maximum Gasteiger partial charge on any atom is 0.264 e. The number of carbonyl (C=O) groups excluding carboxylic acids is 2. The van der Waals surface area contributed by atoms with E-state index in [1.165, 1.54) is 29.2 Å². The Bertz CT molecular complexity index is 1380. The SMILES string of the molecule is COc1ccc(CN(C(=O)CN(c2ccc(F)cc2)S(=O)(=O)c2ccc(C)cc2)[C@H](C)C(=O)NC(C)C)cc1. The lowest BCUT2D eigenvalue weighted by Gasteiger charge is -2.32. The largest absolute Gasteiger partial charge is 0.497 e. The van der Waals surface area contributed by atoms with Crippen LogP contribution >= 0.6 is 0 Å². The van der Waals surface area contributed by atoms with Gasteiger partial charge in [0.15, 0.2) is 0 Å². The monoisotopic (exact) mass is 555 g/mol. The Hall–Kier alpha value is -3.92. The van der Waals surface area contributed by atoms with Crippen molar-refractivity contribution in [2.24, 2.45) is 0 Å². The van der Waals surface area contributed by atoms with Gasteiger partial charge >= 0.3 is 0 Å². The summed E-state index contributed by atoms with van der Waals surface area (Å²) < 4.78 is 47.3. The van der Waals surface area contributed by atoms with E-state index >= 15 is 0 Å². The topological polar surface area (TPSA) is 96.0 Å². The van der Waals surface area contributed by atoms with Gasteiger partial charge in [0.1, 0.15) is 24.2 Å². The number of nitrogens with zero attached hydrogens (tertiary/aromatic N) is 2. The molecule has 1 atom stereocenters. The lowest BCUT2D eigenvalue weighted by Crippen LogP contribution is -2.52. The molecule has 0 radical (unpaired) electrons. The molecule has 0 aromatic heterocycles. The van der Waals surface area contributed by atoms with Gasteiger partial charge in [0.05, 0.1) is 17.7 Å². The van der Waals surface area contributed by atoms with Gasteiger partial charge in [-0.1, -0.05) is 29.8 Å². The third-order valence-electron chi connectivity index (χ3n) is 6.11. The van der Waals surface area contributed by atoms with Gasteiger partial charge in [-0.2, -0.15) is 0 Å². The third kappa shape index (κ3) is 7.57. The highest BCUT2D eigenvalue weighted by Crippen LogP contribution is 2.25. The Morgan fingerprint density at radius 3 is 2.05 bits per heavy atom. The van der Waals surface area contributed by atoms with Gasteiger partial charge in [0.25, 0.3) is 10.0 Å². The fourth-order valence-corrected chi connectivity index (χ4v) is 5.30. The van der Waals surface area contributed by atoms with E-state index in [2.05, 4.69) is 5.32 Å². The molecule has 0 fully saturated rings. The lowest BCUT2D eigenvalue weighted by atomic mass is 10.1. The van der Waals surface area contributed by atoms with Crippen molar-refractivity contribution in [3.05, 3.63) is 89.7 Å². The molecule has 8 nitrogen and oxygen atoms in total. The van der Waals surface area contributed by atoms with Crippen LogP contribution < -0.4 is 14.4 Å². The average Bonchev–Trinajstić information content (AvgIpc) is 2.90. The first kappa shape index (κ1) is 29.6. The molecule has 0 saturated carbocycles. The molecule has 0 spiro atoms. The predicted molar refractivity (Wildman–Crippen MR) is 148 cm³/mol. The van der Waals surface area contributed by atoms with E-state index < -0.39 is 34.3 Å². The molecule has 0 heterocycles. The summed E-state index contributed by atoms with van der Waals surface area (Å²) >= 11 is 0. The molecule has 0 aliphatic carbocycles. The minimum absolute atomic E-state index is 0.0162. The summed E-state index contributed by atoms with van der Waals surface area (Å²) in [5.41, 5.74) is 1.71. The molecule has 0 bridgehead atoms. The van der Waals surface area contributed by atoms with Crippen LogP contribution in [-0.4, -0.2) is 50.9 Å². The van der Waals surface area contributed by atoms with Crippen LogP contribution in [0.3, 0.4) is 0 Å². The molecule has 0 unspecified atom stereocenters. The number of amides is 2. The summed E-state index contributed by atoms with van der Waals surface area (Å²) in [5, 5.41) is 2.81. The first-order chi connectivity index (χ1) is 18.4. The zero-order valence-corrected chi connectivity index (χ0v) is 23.5. The van der Waals surface area contributed by atoms with Gasteiger partial charge in [0.2, 0.25) is 11.8 Å². The number of halogens is 1. The fourth-order valence-electron chi connectivity index (χ4n) is 3.89. The van der Waals surface area contributed by atoms with E-state index in [1.54, 1.807) is 50.4 Å². The van der Waals surface area contributed by atoms with E-state index in [0.717, 1.165) is 27.6 Å². The van der Waals surface area contributed by atoms with E-state index in [0.29, 0.717) is 5.75 Å². The van der Waals surface area contributed by atoms with Gasteiger partial charge in [-0.25, -0.2) is 12.8 Å². The zero-order chi connectivity index (χ0) is 28.7. The van der Waals surface area contributed by atoms with Gasteiger partial charge in [-0.15, -0.1) is 0 Å². The van der Waals surface area contributed by atoms with Crippen LogP contribution in [0.15, 0.2) is 77.7 Å². The van der Waals surface area contributed by atoms with Crippen molar-refractivity contribution in [3.8, 4) is 5.75 Å². The molecule has 3 aromatic carbocycles. The minimum atomic E-state index is -4.21. The first-order valence-corrected chi connectivity index (χ1v) is 13.9. The second-order valence-electron chi connectivity index (χ2n) is 9.51. The number of aryl methyl sites for hydroxylation is 1. The Balaban J connectivity index is 2.01. The molecule has 1 N–H and O–H groups in total. The predicted octanol–water partition coefficient (Wildman–Crippen LogP) is 4.28. The molecule has 3 aromatic rings. The second kappa shape index (κ2) is 12.8. The number of hydrogen-bond donors (Lipinski definition) is 1. The fraction of sp³-hybridized carbons (Fsp3) is 0.310. The smallest absolute Gasteiger partial charge is 0.264 e. The highest BCUT2D eigenvalue weighted by Gasteiger charge is 2.32. The number of carbonyl (C=O) groups is 2. The summed E-state index contributed by atoms with van der Waals surface area (Å²) in [5.74, 6) is -0.884. The van der Waals surface area contributed by atoms with Crippen LogP contribution in [0.25, 0.3) is 0 Å². The standard InChI is InChI=1S/C29H34FN3O5S/c1-20(2)31-29(35)22(4)32(18-23-8-14-26(38-5)15-9-23)28(34)19-33(25-12-10-24(30)11-13-25)39(36,37)27-16-6-21(3)7-17-27/h6-17,20,22H,18-19H2,1-5H3,(H,31,35)/t22-/m1/s1. The van der Waals surface area contributed by atoms with Crippen molar-refractivity contribution in [3.63, 3.8) is 0 Å². The number of hydrogen-bond acceptors (Lipinski definition) is 5. The van der Waals surface area contributed by atoms with Crippen LogP contribution in [0.5, 0.6) is 5.75 Å². The summed E-state index contributed by atoms with van der Waals surface area (Å²) in [6, 6.07) is 17.1. The van der Waals surface area contributed by atoms with Crippen molar-refractivity contribution in [2.45, 2.75) is 51.2 Å². The number of benzene rings is 3. The average molecular weight is 556 g/mol. The Morgan fingerprint density at radius 2 is 1.51 bits per heavy atom. The zero-order valence-electron chi connectivity index (χ0n) is 22.7. The number of anilines is 1. The van der Waals surface area contributed by atoms with Crippen LogP contribution in [0.2, 0.25) is 0 Å². The van der Waals surface area contributed by atoms with Crippen molar-refractivity contribution < 1.29 is 27.1 Å². The maximum absolute atomic E-state index is 13.8. The molecule has 2 amide bonds. The van der Waals surface area contributed by atoms with E-state index in [-0.39, 0.29) is 29.1 Å². The molecule has 208 valence electrons. The molecule has 0 aliphatic heterocycles. The van der Waals surface area contributed by atoms with Crippen molar-refractivity contribution >= 4 is 27.5 Å². The Labute approximate surface area is 229 Å². The number of ether oxygens (including phenoxy) is 1. The van der Waals surface area contributed by atoms with Gasteiger partial charge in [0, 0.05) is 12.6 Å². The number of sulfonamides is 1. The molecule has 0 aliphatic rings. The van der Waals surface area contributed by atoms with Gasteiger partial charge < -0.3 is 15.0 Å². The molecule has 10 heteroatoms. The maximum atomic E-state index is 13.8. The summed E-state index contributed by atoms with van der Waals surface area (Å²) in [4.78, 5) is 28.1. The lowest BCUT2D eigenvalue weighted by molar-refractivity contribution is -0.139. The normalized spacial score (nSPS) is 12.1. The quantitative estimate of drug-likeness (QED) is 0.381. The van der Waals surface area contributed by atoms with Crippen molar-refractivity contribution in [1.82, 2.24) is 10.2 Å². The Morgan fingerprint density at radius 1 is 0.923 bits per heavy atom. The minimum Gasteiger partial charge on any atom is -0.497 e. The molecule has 0 saturated heterocycles.